The molecule has 0 radical (unpaired) electrons. The molecule has 0 aliphatic carbocycles. The number of H-pyrrole nitrogens is 1. The molecule has 0 aliphatic rings. The molecule has 0 bridgehead atoms. The third kappa shape index (κ3) is 5.97. The summed E-state index contributed by atoms with van der Waals surface area (Å²) in [7, 11) is 0. The molecule has 0 aliphatic heterocycles. The maximum Gasteiger partial charge on any atom is 0.225 e. The summed E-state index contributed by atoms with van der Waals surface area (Å²) in [6, 6.07) is 39.7. The first-order chi connectivity index (χ1) is 20.2. The second-order valence-electron chi connectivity index (χ2n) is 9.69. The van der Waals surface area contributed by atoms with Crippen LogP contribution in [0.4, 0.5) is 5.82 Å². The SMILES string of the molecule is CCCC(=O)Nc1n[nH]c2cc(-c3ccc(Oc4ccccc4)cc3)c(-c3ccc(Oc4ccccc4)cc3)cc12. The lowest BCUT2D eigenvalue weighted by molar-refractivity contribution is -0.116. The number of nitrogens with zero attached hydrogens (tertiary/aromatic N) is 1. The Hall–Kier alpha value is -5.36. The number of anilines is 1. The largest absolute Gasteiger partial charge is 0.457 e. The average molecular weight is 540 g/mol. The summed E-state index contributed by atoms with van der Waals surface area (Å²) in [5.41, 5.74) is 4.91. The van der Waals surface area contributed by atoms with Gasteiger partial charge in [0, 0.05) is 11.8 Å². The van der Waals surface area contributed by atoms with Crippen LogP contribution in [0.15, 0.2) is 121 Å². The van der Waals surface area contributed by atoms with Crippen molar-refractivity contribution in [2.24, 2.45) is 0 Å². The van der Waals surface area contributed by atoms with Crippen molar-refractivity contribution in [2.75, 3.05) is 5.32 Å². The van der Waals surface area contributed by atoms with Gasteiger partial charge in [-0.2, -0.15) is 5.10 Å². The topological polar surface area (TPSA) is 76.2 Å². The van der Waals surface area contributed by atoms with Gasteiger partial charge in [-0.1, -0.05) is 67.6 Å². The number of amides is 1. The van der Waals surface area contributed by atoms with E-state index in [9.17, 15) is 4.79 Å². The van der Waals surface area contributed by atoms with Gasteiger partial charge < -0.3 is 14.8 Å². The Labute approximate surface area is 238 Å². The lowest BCUT2D eigenvalue weighted by Crippen LogP contribution is -2.11. The lowest BCUT2D eigenvalue weighted by Gasteiger charge is -2.13. The quantitative estimate of drug-likeness (QED) is 0.192. The standard InChI is InChI=1S/C35H29N3O3/c1-2-9-34(39)36-35-32-22-30(24-14-18-28(19-15-24)40-26-10-5-3-6-11-26)31(23-33(32)37-38-35)25-16-20-29(21-17-25)41-27-12-7-4-8-13-27/h3-8,10-23H,2,9H2,1H3,(H2,36,37,38,39). The third-order valence-corrected chi connectivity index (χ3v) is 6.72. The number of fused-ring (bicyclic) bond motifs is 1. The Morgan fingerprint density at radius 2 is 1.17 bits per heavy atom. The van der Waals surface area contributed by atoms with Crippen LogP contribution in [0.1, 0.15) is 19.8 Å². The molecule has 2 N–H and O–H groups in total. The van der Waals surface area contributed by atoms with Gasteiger partial charge in [-0.3, -0.25) is 9.89 Å². The van der Waals surface area contributed by atoms with Gasteiger partial charge in [0.05, 0.1) is 5.52 Å². The first kappa shape index (κ1) is 25.9. The molecule has 41 heavy (non-hydrogen) atoms. The molecule has 1 amide bonds. The number of hydrogen-bond donors (Lipinski definition) is 2. The molecule has 1 heterocycles. The molecular formula is C35H29N3O3. The van der Waals surface area contributed by atoms with Crippen molar-refractivity contribution in [3.05, 3.63) is 121 Å². The van der Waals surface area contributed by atoms with E-state index in [1.54, 1.807) is 0 Å². The van der Waals surface area contributed by atoms with Gasteiger partial charge in [0.2, 0.25) is 5.91 Å². The minimum Gasteiger partial charge on any atom is -0.457 e. The molecule has 6 rings (SSSR count). The van der Waals surface area contributed by atoms with Crippen LogP contribution in [0, 0.1) is 0 Å². The number of carbonyl (C=O) groups excluding carboxylic acids is 1. The fourth-order valence-corrected chi connectivity index (χ4v) is 4.71. The molecule has 0 spiro atoms. The van der Waals surface area contributed by atoms with Gasteiger partial charge in [-0.25, -0.2) is 0 Å². The highest BCUT2D eigenvalue weighted by Gasteiger charge is 2.16. The molecule has 0 unspecified atom stereocenters. The number of aromatic amines is 1. The van der Waals surface area contributed by atoms with Crippen molar-refractivity contribution in [2.45, 2.75) is 19.8 Å². The lowest BCUT2D eigenvalue weighted by atomic mass is 9.93. The number of ether oxygens (including phenoxy) is 2. The fourth-order valence-electron chi connectivity index (χ4n) is 4.71. The van der Waals surface area contributed by atoms with Crippen LogP contribution in [-0.4, -0.2) is 16.1 Å². The van der Waals surface area contributed by atoms with Gasteiger partial charge in [0.1, 0.15) is 23.0 Å². The molecular weight excluding hydrogens is 510 g/mol. The highest BCUT2D eigenvalue weighted by Crippen LogP contribution is 2.39. The number of para-hydroxylation sites is 2. The molecule has 202 valence electrons. The highest BCUT2D eigenvalue weighted by atomic mass is 16.5. The van der Waals surface area contributed by atoms with E-state index in [2.05, 4.69) is 39.8 Å². The molecule has 6 nitrogen and oxygen atoms in total. The van der Waals surface area contributed by atoms with E-state index >= 15 is 0 Å². The predicted molar refractivity (Wildman–Crippen MR) is 164 cm³/mol. The van der Waals surface area contributed by atoms with Crippen molar-refractivity contribution >= 4 is 22.6 Å². The van der Waals surface area contributed by atoms with E-state index in [4.69, 9.17) is 9.47 Å². The van der Waals surface area contributed by atoms with E-state index in [0.717, 1.165) is 62.6 Å². The Bertz CT molecular complexity index is 1760. The first-order valence-corrected chi connectivity index (χ1v) is 13.6. The summed E-state index contributed by atoms with van der Waals surface area (Å²) in [5.74, 6) is 3.56. The molecule has 6 aromatic rings. The second kappa shape index (κ2) is 11.8. The number of rotatable bonds is 9. The minimum atomic E-state index is -0.0528. The van der Waals surface area contributed by atoms with Gasteiger partial charge in [-0.05, 0) is 89.3 Å². The van der Waals surface area contributed by atoms with Crippen molar-refractivity contribution in [3.8, 4) is 45.3 Å². The van der Waals surface area contributed by atoms with E-state index in [1.807, 2.05) is 104 Å². The smallest absolute Gasteiger partial charge is 0.225 e. The Morgan fingerprint density at radius 1 is 0.683 bits per heavy atom. The monoisotopic (exact) mass is 539 g/mol. The van der Waals surface area contributed by atoms with Crippen LogP contribution in [0.3, 0.4) is 0 Å². The summed E-state index contributed by atoms with van der Waals surface area (Å²) < 4.78 is 12.0. The molecule has 5 aromatic carbocycles. The van der Waals surface area contributed by atoms with Crippen LogP contribution in [0.5, 0.6) is 23.0 Å². The number of aromatic nitrogens is 2. The molecule has 0 saturated carbocycles. The zero-order chi connectivity index (χ0) is 28.0. The summed E-state index contributed by atoms with van der Waals surface area (Å²) in [6.45, 7) is 1.98. The molecule has 0 fully saturated rings. The maximum atomic E-state index is 12.4. The predicted octanol–water partition coefficient (Wildman–Crippen LogP) is 9.22. The minimum absolute atomic E-state index is 0.0528. The molecule has 1 aromatic heterocycles. The van der Waals surface area contributed by atoms with Gasteiger partial charge in [0.15, 0.2) is 5.82 Å². The van der Waals surface area contributed by atoms with Crippen LogP contribution in [0.25, 0.3) is 33.2 Å². The van der Waals surface area contributed by atoms with Crippen LogP contribution < -0.4 is 14.8 Å². The molecule has 0 atom stereocenters. The van der Waals surface area contributed by atoms with E-state index < -0.39 is 0 Å². The third-order valence-electron chi connectivity index (χ3n) is 6.72. The van der Waals surface area contributed by atoms with Crippen molar-refractivity contribution in [3.63, 3.8) is 0 Å². The van der Waals surface area contributed by atoms with Gasteiger partial charge in [-0.15, -0.1) is 0 Å². The van der Waals surface area contributed by atoms with Crippen molar-refractivity contribution < 1.29 is 14.3 Å². The second-order valence-corrected chi connectivity index (χ2v) is 9.69. The normalized spacial score (nSPS) is 10.9. The Balaban J connectivity index is 1.37. The first-order valence-electron chi connectivity index (χ1n) is 13.6. The molecule has 0 saturated heterocycles. The number of hydrogen-bond acceptors (Lipinski definition) is 4. The zero-order valence-electron chi connectivity index (χ0n) is 22.6. The Kier molecular flexibility index (Phi) is 7.45. The van der Waals surface area contributed by atoms with Gasteiger partial charge >= 0.3 is 0 Å². The Morgan fingerprint density at radius 3 is 1.68 bits per heavy atom. The number of nitrogens with one attached hydrogen (secondary N) is 2. The average Bonchev–Trinajstić information content (AvgIpc) is 3.40. The summed E-state index contributed by atoms with van der Waals surface area (Å²) in [6.07, 6.45) is 1.21. The number of benzene rings is 5. The number of carbonyl (C=O) groups is 1. The van der Waals surface area contributed by atoms with Crippen molar-refractivity contribution in [1.82, 2.24) is 10.2 Å². The van der Waals surface area contributed by atoms with Crippen molar-refractivity contribution in [1.29, 1.82) is 0 Å². The van der Waals surface area contributed by atoms with E-state index in [0.29, 0.717) is 12.2 Å². The summed E-state index contributed by atoms with van der Waals surface area (Å²) in [4.78, 5) is 12.4. The maximum absolute atomic E-state index is 12.4. The zero-order valence-corrected chi connectivity index (χ0v) is 22.6. The van der Waals surface area contributed by atoms with E-state index in [-0.39, 0.29) is 5.91 Å². The van der Waals surface area contributed by atoms with Crippen LogP contribution in [0.2, 0.25) is 0 Å². The molecule has 6 heteroatoms. The van der Waals surface area contributed by atoms with E-state index in [1.165, 1.54) is 0 Å². The van der Waals surface area contributed by atoms with Gasteiger partial charge in [0.25, 0.3) is 0 Å². The summed E-state index contributed by atoms with van der Waals surface area (Å²) in [5, 5.41) is 11.3. The fraction of sp³-hybridized carbons (Fsp3) is 0.0857. The van der Waals surface area contributed by atoms with Crippen LogP contribution in [-0.2, 0) is 4.79 Å². The highest BCUT2D eigenvalue weighted by molar-refractivity contribution is 6.04. The summed E-state index contributed by atoms with van der Waals surface area (Å²) >= 11 is 0. The van der Waals surface area contributed by atoms with Crippen LogP contribution >= 0.6 is 0 Å².